The predicted molar refractivity (Wildman–Crippen MR) is 102 cm³/mol. The number of aromatic nitrogens is 3. The number of halogens is 2. The average molecular weight is 399 g/mol. The van der Waals surface area contributed by atoms with Gasteiger partial charge in [-0.05, 0) is 68.4 Å². The Kier molecular flexibility index (Phi) is 4.44. The van der Waals surface area contributed by atoms with Gasteiger partial charge in [0.25, 0.3) is 0 Å². The summed E-state index contributed by atoms with van der Waals surface area (Å²) in [6.45, 7) is 0.115. The Balaban J connectivity index is 1.41. The summed E-state index contributed by atoms with van der Waals surface area (Å²) in [5.41, 5.74) is 2.77. The number of rotatable bonds is 5. The molecule has 0 saturated heterocycles. The molecule has 0 unspecified atom stereocenters. The molecule has 2 aromatic rings. The lowest BCUT2D eigenvalue weighted by molar-refractivity contribution is -0.146. The van der Waals surface area contributed by atoms with Crippen molar-refractivity contribution in [3.63, 3.8) is 0 Å². The van der Waals surface area contributed by atoms with Crippen LogP contribution in [0.15, 0.2) is 36.0 Å². The van der Waals surface area contributed by atoms with Gasteiger partial charge < -0.3 is 0 Å². The Morgan fingerprint density at radius 2 is 1.86 bits per heavy atom. The molecule has 6 nitrogen and oxygen atoms in total. The van der Waals surface area contributed by atoms with Crippen LogP contribution in [0.4, 0.5) is 8.78 Å². The number of nitrogens with one attached hydrogen (secondary N) is 1. The van der Waals surface area contributed by atoms with Gasteiger partial charge in [-0.15, -0.1) is 0 Å². The van der Waals surface area contributed by atoms with Crippen LogP contribution in [0, 0.1) is 34.8 Å². The van der Waals surface area contributed by atoms with Crippen LogP contribution >= 0.6 is 0 Å². The van der Waals surface area contributed by atoms with Gasteiger partial charge in [0.05, 0.1) is 17.7 Å². The number of amides is 1. The SMILES string of the molecule is O=C(N/N=C(\Cn1cncn1)c1ccc(F)cc1F)C12CC3CC(CC(C3)C1)C2. The fourth-order valence-corrected chi connectivity index (χ4v) is 6.00. The van der Waals surface area contributed by atoms with Crippen LogP contribution in [0.5, 0.6) is 0 Å². The maximum absolute atomic E-state index is 14.4. The summed E-state index contributed by atoms with van der Waals surface area (Å²) in [7, 11) is 0. The highest BCUT2D eigenvalue weighted by Gasteiger charge is 2.54. The Labute approximate surface area is 167 Å². The molecule has 4 aliphatic rings. The number of benzene rings is 1. The quantitative estimate of drug-likeness (QED) is 0.619. The highest BCUT2D eigenvalue weighted by Crippen LogP contribution is 2.60. The van der Waals surface area contributed by atoms with Gasteiger partial charge in [-0.25, -0.2) is 23.9 Å². The molecule has 6 rings (SSSR count). The van der Waals surface area contributed by atoms with Crippen molar-refractivity contribution in [3.05, 3.63) is 48.1 Å². The highest BCUT2D eigenvalue weighted by atomic mass is 19.1. The van der Waals surface area contributed by atoms with Gasteiger partial charge >= 0.3 is 0 Å². The molecule has 1 N–H and O–H groups in total. The number of hydrogen-bond donors (Lipinski definition) is 1. The summed E-state index contributed by atoms with van der Waals surface area (Å²) in [5, 5.41) is 8.31. The van der Waals surface area contributed by atoms with Gasteiger partial charge in [0.2, 0.25) is 5.91 Å². The topological polar surface area (TPSA) is 72.2 Å². The Hall–Kier alpha value is -2.64. The van der Waals surface area contributed by atoms with Gasteiger partial charge in [-0.2, -0.15) is 10.2 Å². The second-order valence-corrected chi connectivity index (χ2v) is 8.91. The molecule has 4 bridgehead atoms. The van der Waals surface area contributed by atoms with Crippen LogP contribution in [0.2, 0.25) is 0 Å². The van der Waals surface area contributed by atoms with Crippen molar-refractivity contribution in [2.24, 2.45) is 28.3 Å². The average Bonchev–Trinajstić information content (AvgIpc) is 3.17. The Morgan fingerprint density at radius 1 is 1.17 bits per heavy atom. The maximum atomic E-state index is 14.4. The molecular weight excluding hydrogens is 376 g/mol. The standard InChI is InChI=1S/C21H23F2N5O/c22-16-1-2-17(18(23)6-16)19(10-28-12-24-11-25-28)26-27-20(29)21-7-13-3-14(8-21)5-15(4-13)9-21/h1-2,6,11-15H,3-5,7-10H2,(H,27,29)/b26-19+. The first kappa shape index (κ1) is 18.4. The molecule has 1 heterocycles. The minimum atomic E-state index is -0.729. The second-order valence-electron chi connectivity index (χ2n) is 8.91. The molecule has 8 heteroatoms. The number of nitrogens with zero attached hydrogens (tertiary/aromatic N) is 4. The Morgan fingerprint density at radius 3 is 2.45 bits per heavy atom. The summed E-state index contributed by atoms with van der Waals surface area (Å²) in [6.07, 6.45) is 9.35. The summed E-state index contributed by atoms with van der Waals surface area (Å²) in [5.74, 6) is 0.451. The predicted octanol–water partition coefficient (Wildman–Crippen LogP) is 3.29. The van der Waals surface area contributed by atoms with E-state index in [1.165, 1.54) is 48.7 Å². The monoisotopic (exact) mass is 399 g/mol. The van der Waals surface area contributed by atoms with Crippen LogP contribution in [-0.4, -0.2) is 26.4 Å². The lowest BCUT2D eigenvalue weighted by Crippen LogP contribution is -2.53. The summed E-state index contributed by atoms with van der Waals surface area (Å²) < 4.78 is 29.2. The van der Waals surface area contributed by atoms with E-state index in [1.54, 1.807) is 0 Å². The van der Waals surface area contributed by atoms with E-state index < -0.39 is 11.6 Å². The summed E-state index contributed by atoms with van der Waals surface area (Å²) in [6, 6.07) is 3.32. The third-order valence-corrected chi connectivity index (χ3v) is 6.83. The van der Waals surface area contributed by atoms with Gasteiger partial charge in [-0.3, -0.25) is 4.79 Å². The second kappa shape index (κ2) is 7.00. The van der Waals surface area contributed by atoms with Crippen LogP contribution < -0.4 is 5.43 Å². The van der Waals surface area contributed by atoms with E-state index in [-0.39, 0.29) is 29.1 Å². The summed E-state index contributed by atoms with van der Waals surface area (Å²) in [4.78, 5) is 17.1. The van der Waals surface area contributed by atoms with E-state index >= 15 is 0 Å². The van der Waals surface area contributed by atoms with Crippen molar-refractivity contribution >= 4 is 11.6 Å². The van der Waals surface area contributed by atoms with E-state index in [0.29, 0.717) is 17.8 Å². The van der Waals surface area contributed by atoms with Crippen molar-refractivity contribution in [2.75, 3.05) is 0 Å². The van der Waals surface area contributed by atoms with Crippen molar-refractivity contribution in [1.29, 1.82) is 0 Å². The maximum Gasteiger partial charge on any atom is 0.246 e. The van der Waals surface area contributed by atoms with Gasteiger partial charge in [-0.1, -0.05) is 0 Å². The normalized spacial score (nSPS) is 30.6. The van der Waals surface area contributed by atoms with Crippen LogP contribution in [-0.2, 0) is 11.3 Å². The van der Waals surface area contributed by atoms with E-state index in [9.17, 15) is 13.6 Å². The van der Waals surface area contributed by atoms with Crippen LogP contribution in [0.25, 0.3) is 0 Å². The molecule has 0 atom stereocenters. The van der Waals surface area contributed by atoms with E-state index in [4.69, 9.17) is 0 Å². The van der Waals surface area contributed by atoms with Crippen molar-refractivity contribution in [2.45, 2.75) is 45.1 Å². The first-order valence-electron chi connectivity index (χ1n) is 10.2. The number of carbonyl (C=O) groups is 1. The smallest absolute Gasteiger partial charge is 0.246 e. The lowest BCUT2D eigenvalue weighted by Gasteiger charge is -2.55. The van der Waals surface area contributed by atoms with E-state index in [0.717, 1.165) is 25.3 Å². The van der Waals surface area contributed by atoms with E-state index in [2.05, 4.69) is 20.6 Å². The molecular formula is C21H23F2N5O. The third kappa shape index (κ3) is 3.45. The molecule has 1 aromatic carbocycles. The molecule has 4 saturated carbocycles. The van der Waals surface area contributed by atoms with Crippen molar-refractivity contribution in [3.8, 4) is 0 Å². The molecule has 1 aromatic heterocycles. The molecule has 29 heavy (non-hydrogen) atoms. The number of carbonyl (C=O) groups excluding carboxylic acids is 1. The summed E-state index contributed by atoms with van der Waals surface area (Å²) >= 11 is 0. The first-order chi connectivity index (χ1) is 14.0. The van der Waals surface area contributed by atoms with Gasteiger partial charge in [0.15, 0.2) is 0 Å². The minimum Gasteiger partial charge on any atom is -0.273 e. The first-order valence-corrected chi connectivity index (χ1v) is 10.2. The zero-order valence-electron chi connectivity index (χ0n) is 16.0. The molecule has 0 radical (unpaired) electrons. The van der Waals surface area contributed by atoms with Crippen LogP contribution in [0.3, 0.4) is 0 Å². The minimum absolute atomic E-state index is 0.0739. The van der Waals surface area contributed by atoms with E-state index in [1.807, 2.05) is 0 Å². The molecule has 4 fully saturated rings. The third-order valence-electron chi connectivity index (χ3n) is 6.83. The molecule has 0 aliphatic heterocycles. The zero-order chi connectivity index (χ0) is 20.0. The number of hydrazone groups is 1. The molecule has 4 aliphatic carbocycles. The van der Waals surface area contributed by atoms with Crippen molar-refractivity contribution in [1.82, 2.24) is 20.2 Å². The largest absolute Gasteiger partial charge is 0.273 e. The zero-order valence-corrected chi connectivity index (χ0v) is 16.0. The molecule has 152 valence electrons. The fraction of sp³-hybridized carbons (Fsp3) is 0.524. The highest BCUT2D eigenvalue weighted by molar-refractivity contribution is 6.01. The molecule has 1 amide bonds. The Bertz CT molecular complexity index is 921. The lowest BCUT2D eigenvalue weighted by atomic mass is 9.49. The fourth-order valence-electron chi connectivity index (χ4n) is 6.00. The molecule has 0 spiro atoms. The number of hydrogen-bond acceptors (Lipinski definition) is 4. The van der Waals surface area contributed by atoms with Crippen molar-refractivity contribution < 1.29 is 13.6 Å². The van der Waals surface area contributed by atoms with Crippen LogP contribution in [0.1, 0.15) is 44.1 Å². The van der Waals surface area contributed by atoms with Gasteiger partial charge in [0.1, 0.15) is 24.3 Å². The van der Waals surface area contributed by atoms with Gasteiger partial charge in [0, 0.05) is 11.6 Å².